The van der Waals surface area contributed by atoms with E-state index in [9.17, 15) is 0 Å². The Bertz CT molecular complexity index is 3.25. The van der Waals surface area contributed by atoms with E-state index in [1.165, 1.54) is 0 Å². The topological polar surface area (TPSA) is 0 Å². The molecule has 0 nitrogen and oxygen atoms in total. The van der Waals surface area contributed by atoms with Crippen LogP contribution in [0.2, 0.25) is 0 Å². The van der Waals surface area contributed by atoms with E-state index in [1.807, 2.05) is 0 Å². The molecule has 0 aromatic carbocycles. The van der Waals surface area contributed by atoms with Gasteiger partial charge in [-0.3, -0.25) is 0 Å². The number of rotatable bonds is 0. The second-order valence-corrected chi connectivity index (χ2v) is 0. The molecule has 0 spiro atoms. The Morgan fingerprint density at radius 2 is 0.500 bits per heavy atom. The van der Waals surface area contributed by atoms with Crippen LogP contribution in [0, 0.1) is 0 Å². The second-order valence-electron chi connectivity index (χ2n) is 0. The predicted octanol–water partition coefficient (Wildman–Crippen LogP) is -1.52. The molecular formula is KNa3. The molecule has 0 aliphatic rings. The molecule has 0 unspecified atom stereocenters. The number of hydrogen-bond donors (Lipinski definition) is 0. The molecule has 4 heteroatoms. The van der Waals surface area contributed by atoms with E-state index in [1.54, 1.807) is 0 Å². The van der Waals surface area contributed by atoms with Crippen LogP contribution in [0.1, 0.15) is 0 Å². The average Bonchev–Trinajstić information content (AvgIpc) is 0. The first kappa shape index (κ1) is 23.4. The summed E-state index contributed by atoms with van der Waals surface area (Å²) in [5, 5.41) is 0. The molecule has 4 heavy (non-hydrogen) atoms. The maximum absolute atomic E-state index is 0. The quantitative estimate of drug-likeness (QED) is 0.330. The smallest absolute Gasteiger partial charge is 0 e. The van der Waals surface area contributed by atoms with Gasteiger partial charge in [0, 0.05) is 140 Å². The Hall–Kier alpha value is 4.64. The third kappa shape index (κ3) is 9.81. The fraction of sp³-hybridized carbons (Fsp3) is 0. The molecule has 0 atom stereocenters. The third-order valence-electron chi connectivity index (χ3n) is 0. The van der Waals surface area contributed by atoms with Crippen molar-refractivity contribution < 1.29 is 0 Å². The largest absolute Gasteiger partial charge is 0 e. The minimum absolute atomic E-state index is 0. The van der Waals surface area contributed by atoms with Crippen LogP contribution >= 0.6 is 0 Å². The van der Waals surface area contributed by atoms with Crippen LogP contribution in [0.5, 0.6) is 0 Å². The number of hydrogen-bond acceptors (Lipinski definition) is 0. The van der Waals surface area contributed by atoms with Crippen molar-refractivity contribution in [1.29, 1.82) is 0 Å². The van der Waals surface area contributed by atoms with Crippen molar-refractivity contribution in [1.82, 2.24) is 0 Å². The van der Waals surface area contributed by atoms with Gasteiger partial charge in [0.2, 0.25) is 0 Å². The van der Waals surface area contributed by atoms with E-state index in [0.717, 1.165) is 0 Å². The SMILES string of the molecule is [K].[Na].[Na].[Na]. The maximum Gasteiger partial charge on any atom is 0 e. The first-order valence-electron chi connectivity index (χ1n) is 0. The van der Waals surface area contributed by atoms with Crippen LogP contribution in [0.25, 0.3) is 0 Å². The van der Waals surface area contributed by atoms with Gasteiger partial charge in [0.25, 0.3) is 0 Å². The van der Waals surface area contributed by atoms with Crippen molar-refractivity contribution in [2.24, 2.45) is 0 Å². The van der Waals surface area contributed by atoms with E-state index in [4.69, 9.17) is 0 Å². The van der Waals surface area contributed by atoms with E-state index >= 15 is 0 Å². The zero-order valence-corrected chi connectivity index (χ0v) is 13.1. The van der Waals surface area contributed by atoms with Crippen molar-refractivity contribution in [2.75, 3.05) is 0 Å². The van der Waals surface area contributed by atoms with Gasteiger partial charge < -0.3 is 0 Å². The Kier molecular flexibility index (Phi) is 91.6. The predicted molar refractivity (Wildman–Crippen MR) is 23.0 cm³/mol. The molecule has 0 aliphatic carbocycles. The summed E-state index contributed by atoms with van der Waals surface area (Å²) < 4.78 is 0. The van der Waals surface area contributed by atoms with Crippen molar-refractivity contribution in [2.45, 2.75) is 0 Å². The van der Waals surface area contributed by atoms with Crippen molar-refractivity contribution in [3.8, 4) is 0 Å². The molecule has 4 radical (unpaired) electrons. The van der Waals surface area contributed by atoms with Crippen molar-refractivity contribution >= 4 is 140 Å². The molecule has 0 saturated carbocycles. The standard InChI is InChI=1S/K.3Na. The van der Waals surface area contributed by atoms with Gasteiger partial charge in [0.1, 0.15) is 0 Å². The van der Waals surface area contributed by atoms with Crippen molar-refractivity contribution in [3.05, 3.63) is 0 Å². The van der Waals surface area contributed by atoms with Gasteiger partial charge in [-0.2, -0.15) is 0 Å². The summed E-state index contributed by atoms with van der Waals surface area (Å²) in [6.45, 7) is 0. The van der Waals surface area contributed by atoms with Gasteiger partial charge in [-0.25, -0.2) is 0 Å². The minimum atomic E-state index is 0. The summed E-state index contributed by atoms with van der Waals surface area (Å²) in [5.41, 5.74) is 0. The molecule has 0 aliphatic heterocycles. The minimum Gasteiger partial charge on any atom is 0 e. The van der Waals surface area contributed by atoms with Crippen LogP contribution in [0.4, 0.5) is 0 Å². The summed E-state index contributed by atoms with van der Waals surface area (Å²) in [6.07, 6.45) is 0. The molecule has 0 fully saturated rings. The average molecular weight is 108 g/mol. The Labute approximate surface area is 136 Å². The molecule has 0 N–H and O–H groups in total. The summed E-state index contributed by atoms with van der Waals surface area (Å²) in [6, 6.07) is 0. The maximum atomic E-state index is 0. The first-order chi connectivity index (χ1) is 0. The Morgan fingerprint density at radius 1 is 0.500 bits per heavy atom. The van der Waals surface area contributed by atoms with Gasteiger partial charge in [0.15, 0.2) is 0 Å². The Morgan fingerprint density at radius 3 is 0.500 bits per heavy atom. The van der Waals surface area contributed by atoms with Crippen LogP contribution in [0.3, 0.4) is 0 Å². The summed E-state index contributed by atoms with van der Waals surface area (Å²) >= 11 is 0. The fourth-order valence-electron chi connectivity index (χ4n) is 0. The van der Waals surface area contributed by atoms with Crippen molar-refractivity contribution in [3.63, 3.8) is 0 Å². The Balaban J connectivity index is 0. The van der Waals surface area contributed by atoms with Crippen LogP contribution < -0.4 is 0 Å². The molecule has 0 rings (SSSR count). The summed E-state index contributed by atoms with van der Waals surface area (Å²) in [5.74, 6) is 0. The van der Waals surface area contributed by atoms with E-state index < -0.39 is 0 Å². The molecule has 0 bridgehead atoms. The second kappa shape index (κ2) is 15.6. The van der Waals surface area contributed by atoms with Crippen LogP contribution in [-0.2, 0) is 0 Å². The van der Waals surface area contributed by atoms with Crippen LogP contribution in [0.15, 0.2) is 0 Å². The normalized spacial score (nSPS) is 0. The monoisotopic (exact) mass is 108 g/mol. The molecule has 0 aromatic rings. The van der Waals surface area contributed by atoms with Gasteiger partial charge in [-0.05, 0) is 0 Å². The molecule has 0 aromatic heterocycles. The summed E-state index contributed by atoms with van der Waals surface area (Å²) in [7, 11) is 0. The van der Waals surface area contributed by atoms with Gasteiger partial charge in [-0.1, -0.05) is 0 Å². The molecule has 0 heterocycles. The van der Waals surface area contributed by atoms with Gasteiger partial charge in [-0.15, -0.1) is 0 Å². The fourth-order valence-corrected chi connectivity index (χ4v) is 0. The summed E-state index contributed by atoms with van der Waals surface area (Å²) in [4.78, 5) is 0. The van der Waals surface area contributed by atoms with E-state index in [0.29, 0.717) is 0 Å². The molecule has 0 saturated heterocycles. The molecular weight excluding hydrogens is 108 g/mol. The van der Waals surface area contributed by atoms with Gasteiger partial charge in [0.05, 0.1) is 0 Å². The van der Waals surface area contributed by atoms with E-state index in [2.05, 4.69) is 0 Å². The molecule has 4 valence electrons. The van der Waals surface area contributed by atoms with E-state index in [-0.39, 0.29) is 140 Å². The molecule has 0 amide bonds. The van der Waals surface area contributed by atoms with Gasteiger partial charge >= 0.3 is 0 Å². The van der Waals surface area contributed by atoms with Crippen LogP contribution in [-0.4, -0.2) is 140 Å². The zero-order valence-electron chi connectivity index (χ0n) is 4.00. The zero-order chi connectivity index (χ0) is 0. The third-order valence-corrected chi connectivity index (χ3v) is 0. The first-order valence-corrected chi connectivity index (χ1v) is 0.